The van der Waals surface area contributed by atoms with Crippen molar-refractivity contribution in [2.24, 2.45) is 0 Å². The van der Waals surface area contributed by atoms with Crippen LogP contribution in [-0.2, 0) is 6.61 Å². The minimum absolute atomic E-state index is 0.477. The summed E-state index contributed by atoms with van der Waals surface area (Å²) in [6.07, 6.45) is 8.91. The molecule has 3 aromatic rings. The van der Waals surface area contributed by atoms with Crippen LogP contribution in [0.3, 0.4) is 0 Å². The van der Waals surface area contributed by atoms with Gasteiger partial charge < -0.3 is 9.72 Å². The van der Waals surface area contributed by atoms with E-state index in [1.165, 1.54) is 6.33 Å². The lowest BCUT2D eigenvalue weighted by atomic mass is 10.2. The van der Waals surface area contributed by atoms with Gasteiger partial charge in [0.15, 0.2) is 0 Å². The molecule has 2 aromatic heterocycles. The minimum Gasteiger partial charge on any atom is -0.488 e. The number of nitrogens with one attached hydrogen (secondary N) is 1. The summed E-state index contributed by atoms with van der Waals surface area (Å²) in [7, 11) is 0. The standard InChI is InChI=1S/C13H11N3O/c1-2-11-6-14-7-12(11)13(3-1)17-8-10-4-15-9-16-5-10/h1-7,9,14H,8H2. The first-order valence-corrected chi connectivity index (χ1v) is 5.36. The van der Waals surface area contributed by atoms with Gasteiger partial charge in [-0.05, 0) is 6.07 Å². The molecule has 4 nitrogen and oxygen atoms in total. The monoisotopic (exact) mass is 225 g/mol. The summed E-state index contributed by atoms with van der Waals surface area (Å²) in [6, 6.07) is 5.98. The molecule has 0 aliphatic carbocycles. The number of fused-ring (bicyclic) bond motifs is 1. The smallest absolute Gasteiger partial charge is 0.129 e. The van der Waals surface area contributed by atoms with E-state index in [0.29, 0.717) is 6.61 Å². The summed E-state index contributed by atoms with van der Waals surface area (Å²) in [4.78, 5) is 11.0. The Morgan fingerprint density at radius 3 is 2.88 bits per heavy atom. The molecule has 0 atom stereocenters. The highest BCUT2D eigenvalue weighted by molar-refractivity contribution is 5.87. The van der Waals surface area contributed by atoms with Crippen molar-refractivity contribution >= 4 is 10.8 Å². The van der Waals surface area contributed by atoms with E-state index in [-0.39, 0.29) is 0 Å². The van der Waals surface area contributed by atoms with Gasteiger partial charge in [-0.1, -0.05) is 12.1 Å². The number of hydrogen-bond donors (Lipinski definition) is 1. The summed E-state index contributed by atoms with van der Waals surface area (Å²) in [5, 5.41) is 2.23. The first-order valence-electron chi connectivity index (χ1n) is 5.36. The van der Waals surface area contributed by atoms with Crippen LogP contribution in [0.4, 0.5) is 0 Å². The van der Waals surface area contributed by atoms with Gasteiger partial charge in [-0.25, -0.2) is 9.97 Å². The quantitative estimate of drug-likeness (QED) is 0.745. The topological polar surface area (TPSA) is 50.8 Å². The maximum atomic E-state index is 5.76. The van der Waals surface area contributed by atoms with Crippen LogP contribution in [0.2, 0.25) is 0 Å². The van der Waals surface area contributed by atoms with Crippen LogP contribution in [0.1, 0.15) is 5.56 Å². The van der Waals surface area contributed by atoms with Crippen molar-refractivity contribution in [1.29, 1.82) is 0 Å². The van der Waals surface area contributed by atoms with Crippen molar-refractivity contribution in [2.45, 2.75) is 6.61 Å². The van der Waals surface area contributed by atoms with Crippen molar-refractivity contribution in [2.75, 3.05) is 0 Å². The molecule has 0 aliphatic heterocycles. The molecule has 0 fully saturated rings. The summed E-state index contributed by atoms with van der Waals surface area (Å²) in [6.45, 7) is 0.477. The third-order valence-electron chi connectivity index (χ3n) is 2.57. The number of aromatic amines is 1. The number of H-pyrrole nitrogens is 1. The van der Waals surface area contributed by atoms with Crippen LogP contribution < -0.4 is 4.74 Å². The van der Waals surface area contributed by atoms with Gasteiger partial charge >= 0.3 is 0 Å². The molecular weight excluding hydrogens is 214 g/mol. The van der Waals surface area contributed by atoms with Gasteiger partial charge in [-0.2, -0.15) is 0 Å². The van der Waals surface area contributed by atoms with Crippen molar-refractivity contribution in [1.82, 2.24) is 15.0 Å². The minimum atomic E-state index is 0.477. The van der Waals surface area contributed by atoms with Crippen LogP contribution in [0, 0.1) is 0 Å². The molecule has 1 aromatic carbocycles. The fourth-order valence-electron chi connectivity index (χ4n) is 1.75. The molecule has 0 unspecified atom stereocenters. The predicted octanol–water partition coefficient (Wildman–Crippen LogP) is 2.54. The van der Waals surface area contributed by atoms with E-state index in [9.17, 15) is 0 Å². The Bertz CT molecular complexity index is 619. The first-order chi connectivity index (χ1) is 8.43. The van der Waals surface area contributed by atoms with E-state index in [1.54, 1.807) is 12.4 Å². The molecule has 0 saturated carbocycles. The lowest BCUT2D eigenvalue weighted by molar-refractivity contribution is 0.309. The van der Waals surface area contributed by atoms with Crippen molar-refractivity contribution < 1.29 is 4.74 Å². The number of aromatic nitrogens is 3. The molecule has 0 amide bonds. The van der Waals surface area contributed by atoms with Crippen LogP contribution in [0.15, 0.2) is 49.3 Å². The highest BCUT2D eigenvalue weighted by Gasteiger charge is 2.02. The molecule has 0 bridgehead atoms. The van der Waals surface area contributed by atoms with Gasteiger partial charge in [-0.3, -0.25) is 0 Å². The normalized spacial score (nSPS) is 10.6. The van der Waals surface area contributed by atoms with E-state index in [1.807, 2.05) is 30.6 Å². The zero-order valence-electron chi connectivity index (χ0n) is 9.13. The second-order valence-electron chi connectivity index (χ2n) is 3.75. The van der Waals surface area contributed by atoms with Gasteiger partial charge in [0, 0.05) is 41.1 Å². The Hall–Kier alpha value is -2.36. The average Bonchev–Trinajstić information content (AvgIpc) is 2.86. The summed E-state index contributed by atoms with van der Waals surface area (Å²) in [5.74, 6) is 0.868. The van der Waals surface area contributed by atoms with Crippen molar-refractivity contribution in [3.05, 3.63) is 54.9 Å². The van der Waals surface area contributed by atoms with Gasteiger partial charge in [-0.15, -0.1) is 0 Å². The van der Waals surface area contributed by atoms with Crippen LogP contribution in [0.5, 0.6) is 5.75 Å². The third-order valence-corrected chi connectivity index (χ3v) is 2.57. The fraction of sp³-hybridized carbons (Fsp3) is 0.0769. The molecule has 84 valence electrons. The molecule has 0 radical (unpaired) electrons. The molecule has 1 N–H and O–H groups in total. The lowest BCUT2D eigenvalue weighted by Gasteiger charge is -2.06. The second-order valence-corrected chi connectivity index (χ2v) is 3.75. The Morgan fingerprint density at radius 2 is 2.00 bits per heavy atom. The first kappa shape index (κ1) is 9.84. The number of ether oxygens (including phenoxy) is 1. The molecule has 0 saturated heterocycles. The lowest BCUT2D eigenvalue weighted by Crippen LogP contribution is -1.96. The van der Waals surface area contributed by atoms with Gasteiger partial charge in [0.1, 0.15) is 18.7 Å². The highest BCUT2D eigenvalue weighted by atomic mass is 16.5. The fourth-order valence-corrected chi connectivity index (χ4v) is 1.75. The van der Waals surface area contributed by atoms with Crippen molar-refractivity contribution in [3.63, 3.8) is 0 Å². The maximum absolute atomic E-state index is 5.76. The number of nitrogens with zero attached hydrogens (tertiary/aromatic N) is 2. The van der Waals surface area contributed by atoms with Gasteiger partial charge in [0.25, 0.3) is 0 Å². The molecule has 3 rings (SSSR count). The Morgan fingerprint density at radius 1 is 1.12 bits per heavy atom. The molecule has 0 aliphatic rings. The maximum Gasteiger partial charge on any atom is 0.129 e. The summed E-state index contributed by atoms with van der Waals surface area (Å²) in [5.41, 5.74) is 0.958. The van der Waals surface area contributed by atoms with Crippen molar-refractivity contribution in [3.8, 4) is 5.75 Å². The van der Waals surface area contributed by atoms with E-state index in [0.717, 1.165) is 22.1 Å². The zero-order valence-corrected chi connectivity index (χ0v) is 9.13. The van der Waals surface area contributed by atoms with Gasteiger partial charge in [0.2, 0.25) is 0 Å². The zero-order chi connectivity index (χ0) is 11.5. The van der Waals surface area contributed by atoms with Gasteiger partial charge in [0.05, 0.1) is 0 Å². The molecule has 17 heavy (non-hydrogen) atoms. The summed E-state index contributed by atoms with van der Waals surface area (Å²) < 4.78 is 5.76. The van der Waals surface area contributed by atoms with Crippen LogP contribution >= 0.6 is 0 Å². The molecule has 0 spiro atoms. The number of hydrogen-bond acceptors (Lipinski definition) is 3. The Labute approximate surface area is 98.3 Å². The largest absolute Gasteiger partial charge is 0.488 e. The Kier molecular flexibility index (Phi) is 2.46. The second kappa shape index (κ2) is 4.25. The third kappa shape index (κ3) is 1.97. The average molecular weight is 225 g/mol. The van der Waals surface area contributed by atoms with E-state index in [4.69, 9.17) is 4.74 Å². The number of rotatable bonds is 3. The van der Waals surface area contributed by atoms with E-state index < -0.39 is 0 Å². The Balaban J connectivity index is 1.84. The van der Waals surface area contributed by atoms with E-state index >= 15 is 0 Å². The predicted molar refractivity (Wildman–Crippen MR) is 64.7 cm³/mol. The summed E-state index contributed by atoms with van der Waals surface area (Å²) >= 11 is 0. The highest BCUT2D eigenvalue weighted by Crippen LogP contribution is 2.25. The number of benzene rings is 1. The molecule has 2 heterocycles. The molecule has 4 heteroatoms. The van der Waals surface area contributed by atoms with Crippen LogP contribution in [0.25, 0.3) is 10.8 Å². The van der Waals surface area contributed by atoms with Crippen LogP contribution in [-0.4, -0.2) is 15.0 Å². The van der Waals surface area contributed by atoms with E-state index in [2.05, 4.69) is 15.0 Å². The molecular formula is C13H11N3O. The SMILES string of the molecule is c1cc(OCc2cncnc2)c2c[nH]cc2c1.